The minimum atomic E-state index is -0.334. The van der Waals surface area contributed by atoms with E-state index in [4.69, 9.17) is 10.3 Å². The van der Waals surface area contributed by atoms with Crippen molar-refractivity contribution in [3.63, 3.8) is 0 Å². The van der Waals surface area contributed by atoms with Gasteiger partial charge in [-0.05, 0) is 24.7 Å². The van der Waals surface area contributed by atoms with Crippen LogP contribution in [0.2, 0.25) is 0 Å². The Morgan fingerprint density at radius 1 is 1.24 bits per heavy atom. The normalized spacial score (nSPS) is 30.2. The maximum atomic E-state index is 6.40. The summed E-state index contributed by atoms with van der Waals surface area (Å²) in [5.74, 6) is 1.96. The molecule has 2 N–H and O–H groups in total. The molecule has 1 heterocycles. The Balaban J connectivity index is 1.80. The molecule has 0 aliphatic heterocycles. The average Bonchev–Trinajstić information content (AvgIpc) is 2.76. The zero-order chi connectivity index (χ0) is 12.1. The number of rotatable bonds is 2. The summed E-state index contributed by atoms with van der Waals surface area (Å²) in [6.45, 7) is 4.47. The van der Waals surface area contributed by atoms with Crippen molar-refractivity contribution < 1.29 is 4.52 Å². The van der Waals surface area contributed by atoms with E-state index in [2.05, 4.69) is 24.0 Å². The highest BCUT2D eigenvalue weighted by molar-refractivity contribution is 5.15. The molecule has 0 amide bonds. The predicted molar refractivity (Wildman–Crippen MR) is 64.4 cm³/mol. The molecule has 1 unspecified atom stereocenters. The smallest absolute Gasteiger partial charge is 0.230 e. The highest BCUT2D eigenvalue weighted by atomic mass is 16.5. The van der Waals surface area contributed by atoms with Crippen molar-refractivity contribution in [3.05, 3.63) is 11.7 Å². The van der Waals surface area contributed by atoms with Crippen LogP contribution in [0.1, 0.15) is 70.0 Å². The fourth-order valence-corrected chi connectivity index (χ4v) is 2.87. The van der Waals surface area contributed by atoms with Crippen LogP contribution >= 0.6 is 0 Å². The molecule has 2 fully saturated rings. The van der Waals surface area contributed by atoms with E-state index in [0.29, 0.717) is 11.3 Å². The minimum Gasteiger partial charge on any atom is -0.339 e. The topological polar surface area (TPSA) is 64.9 Å². The lowest BCUT2D eigenvalue weighted by Gasteiger charge is -2.29. The van der Waals surface area contributed by atoms with Gasteiger partial charge in [0.05, 0.1) is 5.54 Å². The zero-order valence-corrected chi connectivity index (χ0v) is 10.7. The van der Waals surface area contributed by atoms with Crippen molar-refractivity contribution in [1.82, 2.24) is 10.1 Å². The summed E-state index contributed by atoms with van der Waals surface area (Å²) in [5, 5.41) is 4.13. The SMILES string of the molecule is CC1(C)CC1c1nc(C2(N)CCCCC2)no1. The third-order valence-corrected chi connectivity index (χ3v) is 4.44. The van der Waals surface area contributed by atoms with Crippen LogP contribution < -0.4 is 5.73 Å². The first-order chi connectivity index (χ1) is 8.01. The summed E-state index contributed by atoms with van der Waals surface area (Å²) in [6.07, 6.45) is 6.75. The molecule has 0 radical (unpaired) electrons. The third kappa shape index (κ3) is 1.88. The second-order valence-corrected chi connectivity index (χ2v) is 6.42. The van der Waals surface area contributed by atoms with Gasteiger partial charge in [0, 0.05) is 5.92 Å². The zero-order valence-electron chi connectivity index (χ0n) is 10.7. The molecule has 1 atom stereocenters. The van der Waals surface area contributed by atoms with Crippen LogP contribution in [0, 0.1) is 5.41 Å². The maximum Gasteiger partial charge on any atom is 0.230 e. The molecule has 0 spiro atoms. The second-order valence-electron chi connectivity index (χ2n) is 6.42. The Hall–Kier alpha value is -0.900. The van der Waals surface area contributed by atoms with Crippen LogP contribution in [0.25, 0.3) is 0 Å². The molecule has 4 heteroatoms. The lowest BCUT2D eigenvalue weighted by atomic mass is 9.82. The van der Waals surface area contributed by atoms with E-state index in [-0.39, 0.29) is 5.54 Å². The van der Waals surface area contributed by atoms with Gasteiger partial charge >= 0.3 is 0 Å². The monoisotopic (exact) mass is 235 g/mol. The first-order valence-electron chi connectivity index (χ1n) is 6.64. The highest BCUT2D eigenvalue weighted by Gasteiger charge is 2.50. The summed E-state index contributed by atoms with van der Waals surface area (Å²) in [7, 11) is 0. The molecular weight excluding hydrogens is 214 g/mol. The molecule has 2 aliphatic rings. The third-order valence-electron chi connectivity index (χ3n) is 4.44. The number of nitrogens with zero attached hydrogens (tertiary/aromatic N) is 2. The predicted octanol–water partition coefficient (Wildman–Crippen LogP) is 2.70. The van der Waals surface area contributed by atoms with Gasteiger partial charge in [-0.15, -0.1) is 0 Å². The van der Waals surface area contributed by atoms with Crippen molar-refractivity contribution in [2.24, 2.45) is 11.1 Å². The number of nitrogens with two attached hydrogens (primary N) is 1. The number of hydrogen-bond acceptors (Lipinski definition) is 4. The van der Waals surface area contributed by atoms with Crippen molar-refractivity contribution in [2.45, 2.75) is 63.8 Å². The van der Waals surface area contributed by atoms with Gasteiger partial charge in [0.25, 0.3) is 0 Å². The Morgan fingerprint density at radius 3 is 2.47 bits per heavy atom. The molecular formula is C13H21N3O. The number of aromatic nitrogens is 2. The Labute approximate surface area is 102 Å². The van der Waals surface area contributed by atoms with Crippen LogP contribution in [0.3, 0.4) is 0 Å². The highest BCUT2D eigenvalue weighted by Crippen LogP contribution is 2.58. The largest absolute Gasteiger partial charge is 0.339 e. The van der Waals surface area contributed by atoms with Crippen molar-refractivity contribution in [1.29, 1.82) is 0 Å². The summed E-state index contributed by atoms with van der Waals surface area (Å²) in [4.78, 5) is 4.56. The summed E-state index contributed by atoms with van der Waals surface area (Å²) < 4.78 is 5.40. The van der Waals surface area contributed by atoms with Gasteiger partial charge in [-0.3, -0.25) is 0 Å². The fourth-order valence-electron chi connectivity index (χ4n) is 2.87. The minimum absolute atomic E-state index is 0.331. The summed E-state index contributed by atoms with van der Waals surface area (Å²) in [5.41, 5.74) is 6.39. The van der Waals surface area contributed by atoms with Gasteiger partial charge in [0.1, 0.15) is 0 Å². The van der Waals surface area contributed by atoms with Gasteiger partial charge in [-0.1, -0.05) is 38.3 Å². The van der Waals surface area contributed by atoms with Crippen LogP contribution in [0.4, 0.5) is 0 Å². The quantitative estimate of drug-likeness (QED) is 0.856. The van der Waals surface area contributed by atoms with Gasteiger partial charge in [-0.2, -0.15) is 4.98 Å². The molecule has 1 aromatic heterocycles. The molecule has 2 saturated carbocycles. The van der Waals surface area contributed by atoms with E-state index >= 15 is 0 Å². The van der Waals surface area contributed by atoms with Gasteiger partial charge in [-0.25, -0.2) is 0 Å². The Morgan fingerprint density at radius 2 is 1.88 bits per heavy atom. The Kier molecular flexibility index (Phi) is 2.34. The van der Waals surface area contributed by atoms with Gasteiger partial charge < -0.3 is 10.3 Å². The molecule has 0 bridgehead atoms. The van der Waals surface area contributed by atoms with Crippen LogP contribution in [0.5, 0.6) is 0 Å². The van der Waals surface area contributed by atoms with E-state index < -0.39 is 0 Å². The fraction of sp³-hybridized carbons (Fsp3) is 0.846. The first-order valence-corrected chi connectivity index (χ1v) is 6.64. The summed E-state index contributed by atoms with van der Waals surface area (Å²) >= 11 is 0. The van der Waals surface area contributed by atoms with E-state index in [9.17, 15) is 0 Å². The Bertz CT molecular complexity index is 418. The molecule has 0 saturated heterocycles. The first kappa shape index (κ1) is 11.2. The van der Waals surface area contributed by atoms with Crippen LogP contribution in [-0.2, 0) is 5.54 Å². The number of hydrogen-bond donors (Lipinski definition) is 1. The molecule has 2 aliphatic carbocycles. The molecule has 1 aromatic rings. The van der Waals surface area contributed by atoms with E-state index in [1.54, 1.807) is 0 Å². The van der Waals surface area contributed by atoms with E-state index in [1.807, 2.05) is 0 Å². The average molecular weight is 235 g/mol. The molecule has 4 nitrogen and oxygen atoms in total. The molecule has 0 aromatic carbocycles. The maximum absolute atomic E-state index is 6.40. The lowest BCUT2D eigenvalue weighted by molar-refractivity contribution is 0.272. The van der Waals surface area contributed by atoms with E-state index in [1.165, 1.54) is 19.3 Å². The molecule has 94 valence electrons. The molecule has 3 rings (SSSR count). The summed E-state index contributed by atoms with van der Waals surface area (Å²) in [6, 6.07) is 0. The van der Waals surface area contributed by atoms with Crippen LogP contribution in [-0.4, -0.2) is 10.1 Å². The standard InChI is InChI=1S/C13H21N3O/c1-12(2)8-9(12)10-15-11(16-17-10)13(14)6-4-3-5-7-13/h9H,3-8,14H2,1-2H3. The second kappa shape index (κ2) is 3.55. The van der Waals surface area contributed by atoms with Crippen molar-refractivity contribution >= 4 is 0 Å². The van der Waals surface area contributed by atoms with Crippen molar-refractivity contribution in [2.75, 3.05) is 0 Å². The van der Waals surface area contributed by atoms with E-state index in [0.717, 1.165) is 31.0 Å². The molecule has 17 heavy (non-hydrogen) atoms. The lowest BCUT2D eigenvalue weighted by Crippen LogP contribution is -2.39. The van der Waals surface area contributed by atoms with Gasteiger partial charge in [0.2, 0.25) is 5.89 Å². The van der Waals surface area contributed by atoms with Crippen LogP contribution in [0.15, 0.2) is 4.52 Å². The van der Waals surface area contributed by atoms with Crippen molar-refractivity contribution in [3.8, 4) is 0 Å². The van der Waals surface area contributed by atoms with Gasteiger partial charge in [0.15, 0.2) is 5.82 Å².